The van der Waals surface area contributed by atoms with Crippen molar-refractivity contribution >= 4 is 27.6 Å². The van der Waals surface area contributed by atoms with Crippen molar-refractivity contribution in [2.24, 2.45) is 0 Å². The molecule has 0 fully saturated rings. The smallest absolute Gasteiger partial charge is 0.345 e. The Bertz CT molecular complexity index is 448. The average Bonchev–Trinajstić information content (AvgIpc) is 2.32. The number of phenols is 1. The minimum absolute atomic E-state index is 0.141. The second kappa shape index (κ2) is 7.62. The highest BCUT2D eigenvalue weighted by molar-refractivity contribution is 9.10. The second-order valence-corrected chi connectivity index (χ2v) is 3.71. The number of hydrogen-bond acceptors (Lipinski definition) is 6. The Labute approximate surface area is 111 Å². The molecular formula is C10H12BrNO6. The predicted octanol–water partition coefficient (Wildman–Crippen LogP) is 1.85. The molecule has 18 heavy (non-hydrogen) atoms. The fourth-order valence-corrected chi connectivity index (χ4v) is 1.33. The zero-order valence-electron chi connectivity index (χ0n) is 9.71. The fraction of sp³-hybridized carbons (Fsp3) is 0.300. The fourth-order valence-electron chi connectivity index (χ4n) is 1.01. The number of carbonyl (C=O) groups is 1. The largest absolute Gasteiger partial charge is 0.501 e. The number of rotatable bonds is 2. The van der Waals surface area contributed by atoms with Crippen molar-refractivity contribution in [2.75, 3.05) is 13.7 Å². The first-order valence-electron chi connectivity index (χ1n) is 4.75. The van der Waals surface area contributed by atoms with Crippen molar-refractivity contribution in [3.8, 4) is 5.75 Å². The molecule has 0 saturated carbocycles. The Morgan fingerprint density at radius 3 is 2.44 bits per heavy atom. The number of nitro benzene ring substituents is 1. The van der Waals surface area contributed by atoms with E-state index in [-0.39, 0.29) is 16.6 Å². The highest BCUT2D eigenvalue weighted by atomic mass is 79.9. The van der Waals surface area contributed by atoms with Gasteiger partial charge in [-0.05, 0) is 35.0 Å². The Morgan fingerprint density at radius 2 is 2.06 bits per heavy atom. The molecule has 0 aliphatic rings. The van der Waals surface area contributed by atoms with Gasteiger partial charge in [0.05, 0.1) is 16.5 Å². The predicted molar refractivity (Wildman–Crippen MR) is 66.6 cm³/mol. The number of nitro groups is 1. The molecular weight excluding hydrogens is 310 g/mol. The van der Waals surface area contributed by atoms with Gasteiger partial charge in [-0.15, -0.1) is 0 Å². The monoisotopic (exact) mass is 321 g/mol. The summed E-state index contributed by atoms with van der Waals surface area (Å²) in [6.45, 7) is 1.93. The van der Waals surface area contributed by atoms with Crippen LogP contribution in [0.15, 0.2) is 16.6 Å². The molecule has 7 nitrogen and oxygen atoms in total. The van der Waals surface area contributed by atoms with Gasteiger partial charge >= 0.3 is 11.7 Å². The SMILES string of the molecule is CCO.COC(=O)c1ccc(Br)c(O)c1[N+](=O)[O-]. The molecule has 0 heterocycles. The molecule has 0 radical (unpaired) electrons. The van der Waals surface area contributed by atoms with E-state index in [1.54, 1.807) is 6.92 Å². The Balaban J connectivity index is 0.000000873. The number of methoxy groups -OCH3 is 1. The lowest BCUT2D eigenvalue weighted by Gasteiger charge is -2.03. The number of hydrogen-bond donors (Lipinski definition) is 2. The molecule has 0 amide bonds. The van der Waals surface area contributed by atoms with E-state index in [1.165, 1.54) is 12.1 Å². The van der Waals surface area contributed by atoms with Gasteiger partial charge in [0.1, 0.15) is 5.56 Å². The first-order valence-corrected chi connectivity index (χ1v) is 5.54. The van der Waals surface area contributed by atoms with E-state index in [0.717, 1.165) is 7.11 Å². The molecule has 0 spiro atoms. The molecule has 100 valence electrons. The van der Waals surface area contributed by atoms with Crippen molar-refractivity contribution < 1.29 is 24.7 Å². The van der Waals surface area contributed by atoms with Gasteiger partial charge in [-0.2, -0.15) is 0 Å². The number of esters is 1. The highest BCUT2D eigenvalue weighted by Gasteiger charge is 2.26. The molecule has 2 N–H and O–H groups in total. The van der Waals surface area contributed by atoms with Crippen LogP contribution in [0.3, 0.4) is 0 Å². The Hall–Kier alpha value is -1.67. The molecule has 0 unspecified atom stereocenters. The summed E-state index contributed by atoms with van der Waals surface area (Å²) in [6, 6.07) is 2.53. The maximum Gasteiger partial charge on any atom is 0.345 e. The topological polar surface area (TPSA) is 110 Å². The lowest BCUT2D eigenvalue weighted by molar-refractivity contribution is -0.386. The summed E-state index contributed by atoms with van der Waals surface area (Å²) in [7, 11) is 1.10. The van der Waals surface area contributed by atoms with E-state index in [9.17, 15) is 20.0 Å². The molecule has 0 aliphatic carbocycles. The number of ether oxygens (including phenoxy) is 1. The molecule has 0 atom stereocenters. The summed E-state index contributed by atoms with van der Waals surface area (Å²) in [5, 5.41) is 27.6. The lowest BCUT2D eigenvalue weighted by Crippen LogP contribution is -2.05. The highest BCUT2D eigenvalue weighted by Crippen LogP contribution is 2.36. The molecule has 0 aliphatic heterocycles. The van der Waals surface area contributed by atoms with Crippen LogP contribution in [0.25, 0.3) is 0 Å². The van der Waals surface area contributed by atoms with Gasteiger partial charge in [-0.3, -0.25) is 10.1 Å². The number of nitrogens with zero attached hydrogens (tertiary/aromatic N) is 1. The average molecular weight is 322 g/mol. The van der Waals surface area contributed by atoms with Crippen molar-refractivity contribution in [3.63, 3.8) is 0 Å². The number of carbonyl (C=O) groups excluding carboxylic acids is 1. The quantitative estimate of drug-likeness (QED) is 0.488. The molecule has 1 aromatic rings. The Morgan fingerprint density at radius 1 is 1.56 bits per heavy atom. The third kappa shape index (κ3) is 3.97. The molecule has 8 heteroatoms. The van der Waals surface area contributed by atoms with Crippen molar-refractivity contribution in [2.45, 2.75) is 6.92 Å². The van der Waals surface area contributed by atoms with Gasteiger partial charge in [-0.25, -0.2) is 4.79 Å². The van der Waals surface area contributed by atoms with Crippen molar-refractivity contribution in [1.29, 1.82) is 0 Å². The zero-order chi connectivity index (χ0) is 14.3. The number of phenolic OH excluding ortho intramolecular Hbond substituents is 1. The Kier molecular flexibility index (Phi) is 6.91. The maximum absolute atomic E-state index is 11.1. The zero-order valence-corrected chi connectivity index (χ0v) is 11.3. The van der Waals surface area contributed by atoms with E-state index < -0.39 is 22.3 Å². The van der Waals surface area contributed by atoms with E-state index in [1.807, 2.05) is 0 Å². The van der Waals surface area contributed by atoms with Gasteiger partial charge in [0.2, 0.25) is 5.75 Å². The van der Waals surface area contributed by atoms with E-state index in [2.05, 4.69) is 20.7 Å². The van der Waals surface area contributed by atoms with Gasteiger partial charge in [0, 0.05) is 6.61 Å². The summed E-state index contributed by atoms with van der Waals surface area (Å²) < 4.78 is 4.49. The third-order valence-electron chi connectivity index (χ3n) is 1.69. The molecule has 1 aromatic carbocycles. The summed E-state index contributed by atoms with van der Waals surface area (Å²) in [5.41, 5.74) is -0.959. The normalized spacial score (nSPS) is 9.11. The van der Waals surface area contributed by atoms with E-state index in [4.69, 9.17) is 5.11 Å². The summed E-state index contributed by atoms with van der Waals surface area (Å²) in [4.78, 5) is 20.9. The van der Waals surface area contributed by atoms with Crippen LogP contribution in [0.1, 0.15) is 17.3 Å². The van der Waals surface area contributed by atoms with Crippen LogP contribution in [0, 0.1) is 10.1 Å². The van der Waals surface area contributed by atoms with Gasteiger partial charge in [0.15, 0.2) is 0 Å². The van der Waals surface area contributed by atoms with Crippen LogP contribution < -0.4 is 0 Å². The number of aliphatic hydroxyl groups is 1. The van der Waals surface area contributed by atoms with Crippen LogP contribution in [-0.2, 0) is 4.74 Å². The van der Waals surface area contributed by atoms with Crippen molar-refractivity contribution in [3.05, 3.63) is 32.3 Å². The summed E-state index contributed by atoms with van der Waals surface area (Å²) in [5.74, 6) is -1.47. The standard InChI is InChI=1S/C8H6BrNO5.C2H6O/c1-15-8(12)4-2-3-5(9)7(11)6(4)10(13)14;1-2-3/h2-3,11H,1H3;3H,2H2,1H3. The maximum atomic E-state index is 11.1. The second-order valence-electron chi connectivity index (χ2n) is 2.86. The van der Waals surface area contributed by atoms with Crippen LogP contribution in [0.5, 0.6) is 5.75 Å². The first kappa shape index (κ1) is 16.3. The van der Waals surface area contributed by atoms with Crippen LogP contribution in [0.2, 0.25) is 0 Å². The summed E-state index contributed by atoms with van der Waals surface area (Å²) >= 11 is 2.91. The molecule has 0 aromatic heterocycles. The minimum atomic E-state index is -0.871. The lowest BCUT2D eigenvalue weighted by atomic mass is 10.1. The summed E-state index contributed by atoms with van der Waals surface area (Å²) in [6.07, 6.45) is 0. The first-order chi connectivity index (χ1) is 8.40. The third-order valence-corrected chi connectivity index (χ3v) is 2.33. The number of benzene rings is 1. The molecule has 0 bridgehead atoms. The van der Waals surface area contributed by atoms with Gasteiger partial charge in [-0.1, -0.05) is 0 Å². The number of aromatic hydroxyl groups is 1. The molecule has 0 saturated heterocycles. The van der Waals surface area contributed by atoms with E-state index >= 15 is 0 Å². The van der Waals surface area contributed by atoms with Gasteiger partial charge < -0.3 is 14.9 Å². The molecule has 1 rings (SSSR count). The number of aliphatic hydroxyl groups excluding tert-OH is 1. The number of halogens is 1. The van der Waals surface area contributed by atoms with Crippen LogP contribution in [-0.4, -0.2) is 34.8 Å². The van der Waals surface area contributed by atoms with E-state index in [0.29, 0.717) is 0 Å². The van der Waals surface area contributed by atoms with Crippen molar-refractivity contribution in [1.82, 2.24) is 0 Å². The minimum Gasteiger partial charge on any atom is -0.501 e. The van der Waals surface area contributed by atoms with Crippen LogP contribution in [0.4, 0.5) is 5.69 Å². The van der Waals surface area contributed by atoms with Crippen LogP contribution >= 0.6 is 15.9 Å². The van der Waals surface area contributed by atoms with Gasteiger partial charge in [0.25, 0.3) is 0 Å².